The van der Waals surface area contributed by atoms with Crippen LogP contribution in [-0.2, 0) is 9.59 Å². The van der Waals surface area contributed by atoms with E-state index >= 15 is 0 Å². The van der Waals surface area contributed by atoms with Crippen LogP contribution in [0.2, 0.25) is 0 Å². The lowest BCUT2D eigenvalue weighted by Gasteiger charge is -2.00. The fourth-order valence-corrected chi connectivity index (χ4v) is 4.43. The van der Waals surface area contributed by atoms with Crippen molar-refractivity contribution in [3.05, 3.63) is 36.5 Å². The van der Waals surface area contributed by atoms with E-state index in [1.54, 1.807) is 0 Å². The Hall–Kier alpha value is -1.84. The highest BCUT2D eigenvalue weighted by atomic mass is 16.4. The lowest BCUT2D eigenvalue weighted by atomic mass is 10.1. The van der Waals surface area contributed by atoms with Gasteiger partial charge in [0, 0.05) is 12.8 Å². The Kier molecular flexibility index (Phi) is 37.4. The molecule has 2 N–H and O–H groups in total. The summed E-state index contributed by atoms with van der Waals surface area (Å²) >= 11 is 0. The molecule has 4 nitrogen and oxygen atoms in total. The second kappa shape index (κ2) is 37.2. The van der Waals surface area contributed by atoms with Crippen LogP contribution >= 0.6 is 0 Å². The van der Waals surface area contributed by atoms with E-state index in [0.717, 1.165) is 38.5 Å². The molecule has 0 aromatic carbocycles. The molecule has 40 heavy (non-hydrogen) atoms. The summed E-state index contributed by atoms with van der Waals surface area (Å²) in [4.78, 5) is 20.6. The van der Waals surface area contributed by atoms with E-state index in [1.165, 1.54) is 116 Å². The summed E-state index contributed by atoms with van der Waals surface area (Å²) < 4.78 is 0. The first-order valence-electron chi connectivity index (χ1n) is 16.9. The monoisotopic (exact) mass is 562 g/mol. The van der Waals surface area contributed by atoms with Gasteiger partial charge in [0.2, 0.25) is 0 Å². The lowest BCUT2D eigenvalue weighted by molar-refractivity contribution is -0.138. The van der Waals surface area contributed by atoms with Crippen LogP contribution in [0.15, 0.2) is 36.5 Å². The molecule has 0 aromatic heterocycles. The summed E-state index contributed by atoms with van der Waals surface area (Å²) in [5.41, 5.74) is 0. The van der Waals surface area contributed by atoms with Gasteiger partial charge >= 0.3 is 11.9 Å². The van der Waals surface area contributed by atoms with Crippen molar-refractivity contribution in [3.63, 3.8) is 0 Å². The van der Waals surface area contributed by atoms with E-state index in [0.29, 0.717) is 12.8 Å². The predicted octanol–water partition coefficient (Wildman–Crippen LogP) is 12.0. The first-order chi connectivity index (χ1) is 19.5. The molecule has 0 saturated carbocycles. The van der Waals surface area contributed by atoms with E-state index in [1.807, 2.05) is 0 Å². The summed E-state index contributed by atoms with van der Waals surface area (Å²) in [6.45, 7) is 4.48. The summed E-state index contributed by atoms with van der Waals surface area (Å²) in [6, 6.07) is 0. The largest absolute Gasteiger partial charge is 0.481 e. The van der Waals surface area contributed by atoms with Crippen LogP contribution in [0.5, 0.6) is 0 Å². The van der Waals surface area contributed by atoms with E-state index in [4.69, 9.17) is 10.2 Å². The molecule has 0 aromatic rings. The van der Waals surface area contributed by atoms with Crippen molar-refractivity contribution in [1.29, 1.82) is 0 Å². The molecule has 0 heterocycles. The molecule has 0 radical (unpaired) electrons. The van der Waals surface area contributed by atoms with Crippen LogP contribution in [0.25, 0.3) is 0 Å². The molecule has 0 amide bonds. The number of aliphatic carboxylic acids is 2. The van der Waals surface area contributed by atoms with Gasteiger partial charge in [-0.25, -0.2) is 0 Å². The van der Waals surface area contributed by atoms with E-state index < -0.39 is 11.9 Å². The highest BCUT2D eigenvalue weighted by Gasteiger charge is 1.97. The number of hydrogen-bond donors (Lipinski definition) is 2. The smallest absolute Gasteiger partial charge is 0.303 e. The third kappa shape index (κ3) is 43.2. The zero-order valence-corrected chi connectivity index (χ0v) is 26.6. The molecular weight excluding hydrogens is 496 g/mol. The van der Waals surface area contributed by atoms with Gasteiger partial charge in [-0.1, -0.05) is 134 Å². The molecule has 4 heteroatoms. The molecule has 0 aliphatic rings. The molecule has 0 aliphatic carbocycles. The van der Waals surface area contributed by atoms with Crippen molar-refractivity contribution >= 4 is 11.9 Å². The van der Waals surface area contributed by atoms with Crippen LogP contribution in [0.1, 0.15) is 181 Å². The van der Waals surface area contributed by atoms with Gasteiger partial charge in [0.05, 0.1) is 0 Å². The fraction of sp³-hybridized carbons (Fsp3) is 0.778. The zero-order chi connectivity index (χ0) is 29.8. The van der Waals surface area contributed by atoms with Gasteiger partial charge in [-0.05, 0) is 70.6 Å². The van der Waals surface area contributed by atoms with Crippen molar-refractivity contribution in [2.75, 3.05) is 0 Å². The molecule has 0 bridgehead atoms. The van der Waals surface area contributed by atoms with Gasteiger partial charge in [-0.2, -0.15) is 0 Å². The maximum atomic E-state index is 10.3. The van der Waals surface area contributed by atoms with E-state index in [2.05, 4.69) is 50.3 Å². The number of allylic oxidation sites excluding steroid dienone is 6. The molecule has 0 saturated heterocycles. The Labute approximate surface area is 248 Å². The zero-order valence-electron chi connectivity index (χ0n) is 26.6. The van der Waals surface area contributed by atoms with Crippen LogP contribution < -0.4 is 0 Å². The van der Waals surface area contributed by atoms with Gasteiger partial charge in [-0.15, -0.1) is 0 Å². The second-order valence-corrected chi connectivity index (χ2v) is 11.1. The standard InChI is InChI=1S/C18H34O2.C18H32O2/c2*1-2-3-4-5-6-7-8-9-10-11-12-13-14-15-16-17-18(19)20/h6-7H,2-5,8-17H2,1H3,(H,19,20);6-7,9-10H,2-5,8,11-17H2,1H3,(H,19,20)/b;7-6-,10-9-. The minimum atomic E-state index is -0.671. The number of carbonyl (C=O) groups is 2. The fourth-order valence-electron chi connectivity index (χ4n) is 4.43. The van der Waals surface area contributed by atoms with Crippen molar-refractivity contribution in [1.82, 2.24) is 0 Å². The Morgan fingerprint density at radius 2 is 0.675 bits per heavy atom. The van der Waals surface area contributed by atoms with Crippen molar-refractivity contribution in [3.8, 4) is 0 Å². The molecule has 0 atom stereocenters. The van der Waals surface area contributed by atoms with E-state index in [-0.39, 0.29) is 0 Å². The molecule has 0 aliphatic heterocycles. The second-order valence-electron chi connectivity index (χ2n) is 11.1. The van der Waals surface area contributed by atoms with Gasteiger partial charge in [0.25, 0.3) is 0 Å². The minimum Gasteiger partial charge on any atom is -0.481 e. The maximum absolute atomic E-state index is 10.3. The Balaban J connectivity index is 0. The highest BCUT2D eigenvalue weighted by molar-refractivity contribution is 5.66. The molecule has 0 fully saturated rings. The first-order valence-corrected chi connectivity index (χ1v) is 16.9. The number of carboxylic acid groups (broad SMARTS) is 2. The lowest BCUT2D eigenvalue weighted by Crippen LogP contribution is -1.93. The normalized spacial score (nSPS) is 11.4. The number of rotatable bonds is 29. The first kappa shape index (κ1) is 40.3. The average molecular weight is 563 g/mol. The van der Waals surface area contributed by atoms with E-state index in [9.17, 15) is 9.59 Å². The average Bonchev–Trinajstić information content (AvgIpc) is 2.93. The van der Waals surface area contributed by atoms with Gasteiger partial charge in [0.1, 0.15) is 0 Å². The summed E-state index contributed by atoms with van der Waals surface area (Å²) in [5.74, 6) is -1.33. The molecule has 0 unspecified atom stereocenters. The van der Waals surface area contributed by atoms with Crippen molar-refractivity contribution in [2.45, 2.75) is 181 Å². The SMILES string of the molecule is CCCCC/C=C\C/C=C\CCCCCCCC(=O)O.CCCCCC=CCCCCCCCCCCC(=O)O. The minimum absolute atomic E-state index is 0.324. The van der Waals surface area contributed by atoms with Gasteiger partial charge < -0.3 is 10.2 Å². The Bertz CT molecular complexity index is 606. The third-order valence-corrected chi connectivity index (χ3v) is 6.99. The van der Waals surface area contributed by atoms with Crippen molar-refractivity contribution < 1.29 is 19.8 Å². The highest BCUT2D eigenvalue weighted by Crippen LogP contribution is 2.11. The van der Waals surface area contributed by atoms with Crippen LogP contribution in [0.4, 0.5) is 0 Å². The Morgan fingerprint density at radius 3 is 1.00 bits per heavy atom. The molecule has 0 spiro atoms. The van der Waals surface area contributed by atoms with Gasteiger partial charge in [0.15, 0.2) is 0 Å². The van der Waals surface area contributed by atoms with Crippen molar-refractivity contribution in [2.24, 2.45) is 0 Å². The third-order valence-electron chi connectivity index (χ3n) is 6.99. The summed E-state index contributed by atoms with van der Waals surface area (Å²) in [6.07, 6.45) is 43.5. The van der Waals surface area contributed by atoms with Gasteiger partial charge in [-0.3, -0.25) is 9.59 Å². The molecular formula is C36H66O4. The number of unbranched alkanes of at least 4 members (excludes halogenated alkanes) is 19. The van der Waals surface area contributed by atoms with Crippen LogP contribution in [0.3, 0.4) is 0 Å². The topological polar surface area (TPSA) is 74.6 Å². The summed E-state index contributed by atoms with van der Waals surface area (Å²) in [5, 5.41) is 17.0. The molecule has 0 rings (SSSR count). The van der Waals surface area contributed by atoms with Crippen LogP contribution in [0, 0.1) is 0 Å². The number of hydrogen-bond acceptors (Lipinski definition) is 2. The predicted molar refractivity (Wildman–Crippen MR) is 174 cm³/mol. The maximum Gasteiger partial charge on any atom is 0.303 e. The summed E-state index contributed by atoms with van der Waals surface area (Å²) in [7, 11) is 0. The number of carboxylic acids is 2. The van der Waals surface area contributed by atoms with Crippen LogP contribution in [-0.4, -0.2) is 22.2 Å². The Morgan fingerprint density at radius 1 is 0.400 bits per heavy atom. The molecule has 234 valence electrons. The quantitative estimate of drug-likeness (QED) is 0.0702.